The third-order valence-corrected chi connectivity index (χ3v) is 3.83. The maximum atomic E-state index is 13.2. The SMILES string of the molecule is Fc1ccc(CN2CC=C(c3ccccc3)CC2)cc1F. The number of benzene rings is 2. The summed E-state index contributed by atoms with van der Waals surface area (Å²) in [6.07, 6.45) is 3.20. The summed E-state index contributed by atoms with van der Waals surface area (Å²) >= 11 is 0. The Morgan fingerprint density at radius 2 is 1.76 bits per heavy atom. The molecule has 0 amide bonds. The van der Waals surface area contributed by atoms with Crippen LogP contribution < -0.4 is 0 Å². The van der Waals surface area contributed by atoms with Gasteiger partial charge in [0.1, 0.15) is 0 Å². The molecule has 0 atom stereocenters. The van der Waals surface area contributed by atoms with E-state index in [1.165, 1.54) is 23.3 Å². The van der Waals surface area contributed by atoms with Crippen LogP contribution in [0.1, 0.15) is 17.5 Å². The molecule has 3 rings (SSSR count). The lowest BCUT2D eigenvalue weighted by Crippen LogP contribution is -2.28. The highest BCUT2D eigenvalue weighted by atomic mass is 19.2. The van der Waals surface area contributed by atoms with Crippen LogP contribution in [0.4, 0.5) is 8.78 Å². The van der Waals surface area contributed by atoms with E-state index < -0.39 is 11.6 Å². The summed E-state index contributed by atoms with van der Waals surface area (Å²) in [5, 5.41) is 0. The van der Waals surface area contributed by atoms with Gasteiger partial charge in [-0.1, -0.05) is 42.5 Å². The van der Waals surface area contributed by atoms with E-state index >= 15 is 0 Å². The predicted octanol–water partition coefficient (Wildman–Crippen LogP) is 4.25. The molecule has 3 heteroatoms. The van der Waals surface area contributed by atoms with Gasteiger partial charge in [0.05, 0.1) is 0 Å². The molecular weight excluding hydrogens is 268 g/mol. The Bertz CT molecular complexity index is 650. The Kier molecular flexibility index (Phi) is 4.11. The molecule has 1 heterocycles. The molecule has 0 saturated carbocycles. The normalized spacial score (nSPS) is 15.8. The molecule has 0 N–H and O–H groups in total. The number of rotatable bonds is 3. The molecule has 21 heavy (non-hydrogen) atoms. The van der Waals surface area contributed by atoms with Crippen LogP contribution in [-0.4, -0.2) is 18.0 Å². The van der Waals surface area contributed by atoms with Crippen LogP contribution in [0.2, 0.25) is 0 Å². The largest absolute Gasteiger partial charge is 0.295 e. The summed E-state index contributed by atoms with van der Waals surface area (Å²) < 4.78 is 26.1. The van der Waals surface area contributed by atoms with Gasteiger partial charge in [0, 0.05) is 19.6 Å². The highest BCUT2D eigenvalue weighted by molar-refractivity contribution is 5.66. The van der Waals surface area contributed by atoms with E-state index in [0.29, 0.717) is 6.54 Å². The fourth-order valence-electron chi connectivity index (χ4n) is 2.67. The zero-order chi connectivity index (χ0) is 14.7. The molecule has 0 saturated heterocycles. The zero-order valence-electron chi connectivity index (χ0n) is 11.7. The topological polar surface area (TPSA) is 3.24 Å². The summed E-state index contributed by atoms with van der Waals surface area (Å²) in [7, 11) is 0. The first kappa shape index (κ1) is 14.0. The van der Waals surface area contributed by atoms with Crippen molar-refractivity contribution in [2.24, 2.45) is 0 Å². The van der Waals surface area contributed by atoms with Crippen LogP contribution in [0.3, 0.4) is 0 Å². The monoisotopic (exact) mass is 285 g/mol. The molecule has 1 aliphatic rings. The number of halogens is 2. The van der Waals surface area contributed by atoms with Gasteiger partial charge in [-0.05, 0) is 35.3 Å². The number of hydrogen-bond donors (Lipinski definition) is 0. The average Bonchev–Trinajstić information content (AvgIpc) is 2.53. The van der Waals surface area contributed by atoms with Crippen molar-refractivity contribution in [2.75, 3.05) is 13.1 Å². The van der Waals surface area contributed by atoms with Gasteiger partial charge in [-0.2, -0.15) is 0 Å². The van der Waals surface area contributed by atoms with Crippen molar-refractivity contribution in [2.45, 2.75) is 13.0 Å². The first-order chi connectivity index (χ1) is 10.2. The van der Waals surface area contributed by atoms with Crippen LogP contribution in [0, 0.1) is 11.6 Å². The minimum Gasteiger partial charge on any atom is -0.295 e. The van der Waals surface area contributed by atoms with E-state index in [1.54, 1.807) is 6.07 Å². The Labute approximate surface area is 123 Å². The summed E-state index contributed by atoms with van der Waals surface area (Å²) in [5.41, 5.74) is 3.44. The molecule has 1 aliphatic heterocycles. The molecule has 0 radical (unpaired) electrons. The summed E-state index contributed by atoms with van der Waals surface area (Å²) in [6, 6.07) is 14.5. The summed E-state index contributed by atoms with van der Waals surface area (Å²) in [5.74, 6) is -1.56. The molecule has 0 aromatic heterocycles. The van der Waals surface area contributed by atoms with Crippen LogP contribution in [0.15, 0.2) is 54.6 Å². The van der Waals surface area contributed by atoms with Crippen molar-refractivity contribution in [3.05, 3.63) is 77.4 Å². The molecule has 108 valence electrons. The number of nitrogens with zero attached hydrogens (tertiary/aromatic N) is 1. The maximum absolute atomic E-state index is 13.2. The van der Waals surface area contributed by atoms with E-state index in [4.69, 9.17) is 0 Å². The lowest BCUT2D eigenvalue weighted by atomic mass is 9.99. The lowest BCUT2D eigenvalue weighted by Gasteiger charge is -2.26. The third-order valence-electron chi connectivity index (χ3n) is 3.83. The highest BCUT2D eigenvalue weighted by Crippen LogP contribution is 2.23. The highest BCUT2D eigenvalue weighted by Gasteiger charge is 2.13. The third kappa shape index (κ3) is 3.37. The molecule has 0 bridgehead atoms. The van der Waals surface area contributed by atoms with Gasteiger partial charge in [-0.25, -0.2) is 8.78 Å². The Balaban J connectivity index is 1.65. The van der Waals surface area contributed by atoms with Gasteiger partial charge in [-0.3, -0.25) is 4.90 Å². The second kappa shape index (κ2) is 6.19. The first-order valence-corrected chi connectivity index (χ1v) is 7.13. The van der Waals surface area contributed by atoms with Gasteiger partial charge < -0.3 is 0 Å². The summed E-state index contributed by atoms with van der Waals surface area (Å²) in [4.78, 5) is 2.24. The smallest absolute Gasteiger partial charge is 0.159 e. The van der Waals surface area contributed by atoms with Crippen molar-refractivity contribution in [1.82, 2.24) is 4.90 Å². The van der Waals surface area contributed by atoms with Crippen molar-refractivity contribution < 1.29 is 8.78 Å². The Morgan fingerprint density at radius 3 is 2.43 bits per heavy atom. The van der Waals surface area contributed by atoms with Crippen molar-refractivity contribution in [3.8, 4) is 0 Å². The molecule has 2 aromatic rings. The quantitative estimate of drug-likeness (QED) is 0.814. The van der Waals surface area contributed by atoms with Crippen molar-refractivity contribution in [3.63, 3.8) is 0 Å². The fourth-order valence-corrected chi connectivity index (χ4v) is 2.67. The average molecular weight is 285 g/mol. The van der Waals surface area contributed by atoms with E-state index in [0.717, 1.165) is 25.1 Å². The van der Waals surface area contributed by atoms with E-state index in [1.807, 2.05) is 18.2 Å². The second-order valence-electron chi connectivity index (χ2n) is 5.33. The summed E-state index contributed by atoms with van der Waals surface area (Å²) in [6.45, 7) is 2.42. The van der Waals surface area contributed by atoms with Gasteiger partial charge >= 0.3 is 0 Å². The van der Waals surface area contributed by atoms with Crippen LogP contribution in [0.25, 0.3) is 5.57 Å². The minimum atomic E-state index is -0.788. The zero-order valence-corrected chi connectivity index (χ0v) is 11.7. The molecule has 0 unspecified atom stereocenters. The van der Waals surface area contributed by atoms with E-state index in [2.05, 4.69) is 23.1 Å². The lowest BCUT2D eigenvalue weighted by molar-refractivity contribution is 0.293. The van der Waals surface area contributed by atoms with Crippen LogP contribution >= 0.6 is 0 Å². The standard InChI is InChI=1S/C18H17F2N/c19-17-7-6-14(12-18(17)20)13-21-10-8-16(9-11-21)15-4-2-1-3-5-15/h1-8,12H,9-11,13H2. The first-order valence-electron chi connectivity index (χ1n) is 7.13. The number of hydrogen-bond acceptors (Lipinski definition) is 1. The van der Waals surface area contributed by atoms with E-state index in [9.17, 15) is 8.78 Å². The molecule has 0 aliphatic carbocycles. The molecular formula is C18H17F2N. The molecule has 0 fully saturated rings. The van der Waals surface area contributed by atoms with Gasteiger partial charge in [0.25, 0.3) is 0 Å². The van der Waals surface area contributed by atoms with Gasteiger partial charge in [0.15, 0.2) is 11.6 Å². The van der Waals surface area contributed by atoms with Crippen LogP contribution in [-0.2, 0) is 6.54 Å². The van der Waals surface area contributed by atoms with Crippen molar-refractivity contribution >= 4 is 5.57 Å². The van der Waals surface area contributed by atoms with Crippen LogP contribution in [0.5, 0.6) is 0 Å². The molecule has 2 aromatic carbocycles. The minimum absolute atomic E-state index is 0.649. The predicted molar refractivity (Wildman–Crippen MR) is 80.7 cm³/mol. The Morgan fingerprint density at radius 1 is 0.952 bits per heavy atom. The van der Waals surface area contributed by atoms with Gasteiger partial charge in [0.2, 0.25) is 0 Å². The van der Waals surface area contributed by atoms with E-state index in [-0.39, 0.29) is 0 Å². The molecule has 0 spiro atoms. The maximum Gasteiger partial charge on any atom is 0.159 e. The fraction of sp³-hybridized carbons (Fsp3) is 0.222. The van der Waals surface area contributed by atoms with Crippen molar-refractivity contribution in [1.29, 1.82) is 0 Å². The van der Waals surface area contributed by atoms with Gasteiger partial charge in [-0.15, -0.1) is 0 Å². The Hall–Kier alpha value is -2.00. The molecule has 1 nitrogen and oxygen atoms in total. The second-order valence-corrected chi connectivity index (χ2v) is 5.33.